The third kappa shape index (κ3) is 7.05. The first-order chi connectivity index (χ1) is 20.0. The van der Waals surface area contributed by atoms with E-state index in [1.165, 1.54) is 6.07 Å². The van der Waals surface area contributed by atoms with E-state index in [-0.39, 0.29) is 23.4 Å². The molecule has 2 aromatic carbocycles. The Morgan fingerprint density at radius 2 is 1.76 bits per heavy atom. The van der Waals surface area contributed by atoms with Gasteiger partial charge in [-0.25, -0.2) is 4.79 Å². The number of piperazine rings is 1. The van der Waals surface area contributed by atoms with Crippen LogP contribution in [0.2, 0.25) is 0 Å². The van der Waals surface area contributed by atoms with Crippen molar-refractivity contribution in [3.8, 4) is 11.8 Å². The number of aromatic amines is 1. The van der Waals surface area contributed by atoms with Crippen LogP contribution in [0.4, 0.5) is 5.69 Å². The maximum absolute atomic E-state index is 12.3. The number of carboxylic acids is 1. The van der Waals surface area contributed by atoms with Gasteiger partial charge in [0.15, 0.2) is 0 Å². The predicted molar refractivity (Wildman–Crippen MR) is 168 cm³/mol. The molecule has 0 radical (unpaired) electrons. The molecule has 1 fully saturated rings. The van der Waals surface area contributed by atoms with Gasteiger partial charge in [0.1, 0.15) is 5.75 Å². The van der Waals surface area contributed by atoms with Gasteiger partial charge < -0.3 is 24.6 Å². The number of hydrogen-bond donors (Lipinski definition) is 2. The Morgan fingerprint density at radius 3 is 2.36 bits per heavy atom. The molecular formula is C33H39ClN4O4. The minimum absolute atomic E-state index is 0.0214. The lowest BCUT2D eigenvalue weighted by Gasteiger charge is -2.37. The number of ether oxygens (including phenoxy) is 1. The second-order valence-corrected chi connectivity index (χ2v) is 11.4. The molecule has 222 valence electrons. The molecule has 3 aromatic rings. The van der Waals surface area contributed by atoms with Crippen LogP contribution >= 0.6 is 11.6 Å². The molecule has 8 nitrogen and oxygen atoms in total. The molecule has 1 aliphatic rings. The monoisotopic (exact) mass is 590 g/mol. The van der Waals surface area contributed by atoms with Gasteiger partial charge in [0, 0.05) is 42.8 Å². The molecule has 0 bridgehead atoms. The predicted octanol–water partition coefficient (Wildman–Crippen LogP) is 5.54. The molecule has 1 aromatic heterocycles. The summed E-state index contributed by atoms with van der Waals surface area (Å²) >= 11 is 6.84. The Balaban J connectivity index is 1.57. The van der Waals surface area contributed by atoms with Gasteiger partial charge in [-0.1, -0.05) is 50.6 Å². The molecule has 1 saturated heterocycles. The molecule has 0 aliphatic carbocycles. The summed E-state index contributed by atoms with van der Waals surface area (Å²) in [5, 5.41) is 11.5. The summed E-state index contributed by atoms with van der Waals surface area (Å²) in [7, 11) is 0. The lowest BCUT2D eigenvalue weighted by molar-refractivity contribution is -0.134. The Morgan fingerprint density at radius 1 is 1.10 bits per heavy atom. The number of halogens is 1. The number of nitrogens with zero attached hydrogens (tertiary/aromatic N) is 3. The number of benzene rings is 2. The fraction of sp³-hybridized carbons (Fsp3) is 0.364. The number of nitrogens with one attached hydrogen (secondary N) is 1. The van der Waals surface area contributed by atoms with E-state index >= 15 is 0 Å². The fourth-order valence-electron chi connectivity index (χ4n) is 4.86. The topological polar surface area (TPSA) is 98.8 Å². The summed E-state index contributed by atoms with van der Waals surface area (Å²) in [6.45, 7) is 14.7. The zero-order valence-corrected chi connectivity index (χ0v) is 25.9. The minimum Gasteiger partial charge on any atom is -0.478 e. The number of rotatable bonds is 8. The smallest absolute Gasteiger partial charge is 0.336 e. The molecule has 0 spiro atoms. The number of hydrogen-bond acceptors (Lipinski definition) is 5. The number of carboxylic acid groups (broad SMARTS) is 1. The Hall–Kier alpha value is -4.04. The maximum Gasteiger partial charge on any atom is 0.336 e. The van der Waals surface area contributed by atoms with Gasteiger partial charge in [0.05, 0.1) is 16.3 Å². The van der Waals surface area contributed by atoms with Crippen LogP contribution in [0.15, 0.2) is 47.5 Å². The highest BCUT2D eigenvalue weighted by Crippen LogP contribution is 2.26. The van der Waals surface area contributed by atoms with Gasteiger partial charge in [-0.05, 0) is 79.8 Å². The number of aromatic nitrogens is 2. The number of amides is 1. The van der Waals surface area contributed by atoms with Gasteiger partial charge in [-0.15, -0.1) is 0 Å². The molecule has 9 heteroatoms. The van der Waals surface area contributed by atoms with Gasteiger partial charge in [0.25, 0.3) is 6.01 Å². The van der Waals surface area contributed by atoms with Gasteiger partial charge in [-0.3, -0.25) is 4.79 Å². The highest BCUT2D eigenvalue weighted by molar-refractivity contribution is 6.37. The van der Waals surface area contributed by atoms with Crippen LogP contribution in [0, 0.1) is 12.8 Å². The number of imidazole rings is 1. The number of H-pyrrole nitrogens is 1. The molecule has 0 atom stereocenters. The van der Waals surface area contributed by atoms with E-state index in [0.29, 0.717) is 21.7 Å². The average molecular weight is 591 g/mol. The van der Waals surface area contributed by atoms with Crippen molar-refractivity contribution in [2.24, 2.45) is 5.92 Å². The van der Waals surface area contributed by atoms with Crippen LogP contribution in [0.25, 0.3) is 17.2 Å². The first kappa shape index (κ1) is 30.9. The maximum atomic E-state index is 12.3. The van der Waals surface area contributed by atoms with Crippen molar-refractivity contribution in [3.05, 3.63) is 74.9 Å². The van der Waals surface area contributed by atoms with Gasteiger partial charge >= 0.3 is 5.97 Å². The first-order valence-corrected chi connectivity index (χ1v) is 14.7. The van der Waals surface area contributed by atoms with Crippen LogP contribution < -0.4 is 20.3 Å². The number of aromatic carboxylic acids is 1. The van der Waals surface area contributed by atoms with Crippen molar-refractivity contribution in [3.63, 3.8) is 0 Å². The number of allylic oxidation sites excluding steroid dienone is 2. The normalized spacial score (nSPS) is 15.6. The molecule has 0 saturated carbocycles. The Labute approximate surface area is 252 Å². The summed E-state index contributed by atoms with van der Waals surface area (Å²) < 4.78 is 5.92. The highest BCUT2D eigenvalue weighted by atomic mass is 35.5. The fourth-order valence-corrected chi connectivity index (χ4v) is 5.08. The van der Waals surface area contributed by atoms with Crippen molar-refractivity contribution in [1.29, 1.82) is 0 Å². The van der Waals surface area contributed by atoms with Crippen LogP contribution in [-0.4, -0.2) is 58.0 Å². The van der Waals surface area contributed by atoms with Crippen LogP contribution in [0.5, 0.6) is 11.8 Å². The lowest BCUT2D eigenvalue weighted by atomic mass is 10.1. The van der Waals surface area contributed by atoms with Crippen LogP contribution in [0.3, 0.4) is 0 Å². The molecular weight excluding hydrogens is 552 g/mol. The van der Waals surface area contributed by atoms with Gasteiger partial charge in [-0.2, -0.15) is 4.98 Å². The van der Waals surface area contributed by atoms with Crippen molar-refractivity contribution < 1.29 is 19.4 Å². The quantitative estimate of drug-likeness (QED) is 0.357. The molecule has 2 heterocycles. The summed E-state index contributed by atoms with van der Waals surface area (Å²) in [6, 6.07) is 13.5. The molecule has 42 heavy (non-hydrogen) atoms. The number of anilines is 1. The second-order valence-electron chi connectivity index (χ2n) is 11.0. The van der Waals surface area contributed by atoms with Crippen molar-refractivity contribution >= 4 is 46.4 Å². The van der Waals surface area contributed by atoms with Crippen molar-refractivity contribution in [2.75, 3.05) is 31.1 Å². The van der Waals surface area contributed by atoms with Crippen molar-refractivity contribution in [1.82, 2.24) is 14.9 Å². The van der Waals surface area contributed by atoms with E-state index in [1.807, 2.05) is 38.7 Å². The average Bonchev–Trinajstić information content (AvgIpc) is 3.38. The summed E-state index contributed by atoms with van der Waals surface area (Å²) in [5.74, 6) is -0.397. The minimum atomic E-state index is -1.01. The lowest BCUT2D eigenvalue weighted by Crippen LogP contribution is -2.49. The Bertz CT molecular complexity index is 1610. The summed E-state index contributed by atoms with van der Waals surface area (Å²) in [6.07, 6.45) is 2.64. The second kappa shape index (κ2) is 13.3. The van der Waals surface area contributed by atoms with E-state index in [9.17, 15) is 14.7 Å². The SMILES string of the molecule is CC/C(C)=c1/nc(Oc2ccc(C)c(C(=O)O)c2)[nH]/c1=C/C(Cl)=C(\C)c1ccc(N2CCN(C(=O)C(C)C)CC2)cc1. The third-order valence-electron chi connectivity index (χ3n) is 7.68. The zero-order valence-electron chi connectivity index (χ0n) is 25.1. The van der Waals surface area contributed by atoms with E-state index < -0.39 is 5.97 Å². The molecule has 1 aliphatic heterocycles. The zero-order chi connectivity index (χ0) is 30.6. The largest absolute Gasteiger partial charge is 0.478 e. The standard InChI is InChI=1S/C33H39ClN4O4/c1-7-21(4)30-29(35-33(36-30)42-26-13-8-22(5)27(18-26)32(40)41)19-28(34)23(6)24-9-11-25(12-10-24)37-14-16-38(17-15-37)31(39)20(2)3/h8-13,18-20H,7,14-17H2,1-6H3,(H,35,36)(H,40,41)/b28-23-,29-19+,30-21+. The van der Waals surface area contributed by atoms with Gasteiger partial charge in [0.2, 0.25) is 5.91 Å². The third-order valence-corrected chi connectivity index (χ3v) is 8.07. The van der Waals surface area contributed by atoms with E-state index in [0.717, 1.165) is 60.3 Å². The highest BCUT2D eigenvalue weighted by Gasteiger charge is 2.23. The van der Waals surface area contributed by atoms with Crippen molar-refractivity contribution in [2.45, 2.75) is 48.0 Å². The molecule has 2 N–H and O–H groups in total. The van der Waals surface area contributed by atoms with E-state index in [1.54, 1.807) is 19.1 Å². The van der Waals surface area contributed by atoms with Crippen LogP contribution in [-0.2, 0) is 4.79 Å². The number of carbonyl (C=O) groups excluding carboxylic acids is 1. The summed E-state index contributed by atoms with van der Waals surface area (Å²) in [5.41, 5.74) is 4.93. The molecule has 1 amide bonds. The summed E-state index contributed by atoms with van der Waals surface area (Å²) in [4.78, 5) is 36.0. The molecule has 0 unspecified atom stereocenters. The van der Waals surface area contributed by atoms with E-state index in [2.05, 4.69) is 46.1 Å². The Kier molecular flexibility index (Phi) is 9.78. The molecule has 4 rings (SSSR count). The van der Waals surface area contributed by atoms with Crippen LogP contribution in [0.1, 0.15) is 62.5 Å². The number of carbonyl (C=O) groups is 2. The van der Waals surface area contributed by atoms with E-state index in [4.69, 9.17) is 16.3 Å². The number of aryl methyl sites for hydroxylation is 1. The first-order valence-electron chi connectivity index (χ1n) is 14.3.